The van der Waals surface area contributed by atoms with Crippen LogP contribution in [0, 0.1) is 0 Å². The van der Waals surface area contributed by atoms with Crippen molar-refractivity contribution < 1.29 is 19.1 Å². The molecule has 0 bridgehead atoms. The van der Waals surface area contributed by atoms with Crippen LogP contribution in [0.4, 0.5) is 4.79 Å². The Bertz CT molecular complexity index is 1250. The van der Waals surface area contributed by atoms with Crippen LogP contribution in [0.5, 0.6) is 5.75 Å². The Labute approximate surface area is 208 Å². The van der Waals surface area contributed by atoms with Gasteiger partial charge in [0.25, 0.3) is 11.1 Å². The molecule has 0 radical (unpaired) electrons. The number of carbonyl (C=O) groups is 3. The number of halogens is 2. The molecule has 0 spiro atoms. The molecule has 1 saturated heterocycles. The second-order valence-electron chi connectivity index (χ2n) is 7.15. The Hall–Kier alpha value is -2.87. The largest absolute Gasteiger partial charge is 0.488 e. The van der Waals surface area contributed by atoms with Gasteiger partial charge in [0.15, 0.2) is 5.78 Å². The van der Waals surface area contributed by atoms with Gasteiger partial charge < -0.3 is 4.74 Å². The van der Waals surface area contributed by atoms with E-state index in [2.05, 4.69) is 15.9 Å². The molecule has 3 aromatic carbocycles. The molecule has 1 aliphatic rings. The van der Waals surface area contributed by atoms with Crippen molar-refractivity contribution in [3.8, 4) is 5.75 Å². The number of rotatable bonds is 7. The molecular formula is C25H17BrClNO4S. The summed E-state index contributed by atoms with van der Waals surface area (Å²) in [6, 6.07) is 21.3. The molecule has 8 heteroatoms. The van der Waals surface area contributed by atoms with Gasteiger partial charge in [0.1, 0.15) is 12.4 Å². The van der Waals surface area contributed by atoms with Gasteiger partial charge in [0.05, 0.1) is 11.4 Å². The lowest BCUT2D eigenvalue weighted by molar-refractivity contribution is -0.122. The van der Waals surface area contributed by atoms with Gasteiger partial charge in [-0.3, -0.25) is 19.3 Å². The fourth-order valence-electron chi connectivity index (χ4n) is 3.14. The normalized spacial score (nSPS) is 14.7. The number of hydrogen-bond acceptors (Lipinski definition) is 5. The van der Waals surface area contributed by atoms with Crippen LogP contribution in [0.2, 0.25) is 5.02 Å². The number of ketones is 1. The van der Waals surface area contributed by atoms with Gasteiger partial charge in [-0.1, -0.05) is 70.0 Å². The first-order valence-electron chi connectivity index (χ1n) is 9.91. The summed E-state index contributed by atoms with van der Waals surface area (Å²) in [4.78, 5) is 39.0. The molecule has 4 rings (SSSR count). The van der Waals surface area contributed by atoms with Crippen molar-refractivity contribution in [3.63, 3.8) is 0 Å². The maximum atomic E-state index is 12.9. The van der Waals surface area contributed by atoms with Crippen LogP contribution >= 0.6 is 39.3 Å². The number of thioether (sulfide) groups is 1. The molecule has 2 amide bonds. The Morgan fingerprint density at radius 3 is 2.48 bits per heavy atom. The van der Waals surface area contributed by atoms with E-state index < -0.39 is 11.1 Å². The molecule has 0 unspecified atom stereocenters. The van der Waals surface area contributed by atoms with Gasteiger partial charge in [0, 0.05) is 20.6 Å². The molecular weight excluding hydrogens is 526 g/mol. The summed E-state index contributed by atoms with van der Waals surface area (Å²) in [6.07, 6.45) is 1.61. The van der Waals surface area contributed by atoms with E-state index in [9.17, 15) is 14.4 Å². The first kappa shape index (κ1) is 23.3. The van der Waals surface area contributed by atoms with Gasteiger partial charge in [-0.2, -0.15) is 0 Å². The maximum Gasteiger partial charge on any atom is 0.293 e. The van der Waals surface area contributed by atoms with Crippen LogP contribution in [0.25, 0.3) is 6.08 Å². The van der Waals surface area contributed by atoms with E-state index >= 15 is 0 Å². The predicted molar refractivity (Wildman–Crippen MR) is 133 cm³/mol. The van der Waals surface area contributed by atoms with Crippen molar-refractivity contribution in [1.82, 2.24) is 4.90 Å². The molecule has 0 aliphatic carbocycles. The third-order valence-corrected chi connectivity index (χ3v) is 6.49. The Balaban J connectivity index is 1.52. The molecule has 1 heterocycles. The van der Waals surface area contributed by atoms with E-state index in [1.54, 1.807) is 60.7 Å². The smallest absolute Gasteiger partial charge is 0.293 e. The van der Waals surface area contributed by atoms with Crippen LogP contribution < -0.4 is 4.74 Å². The van der Waals surface area contributed by atoms with Gasteiger partial charge in [-0.05, 0) is 53.7 Å². The van der Waals surface area contributed by atoms with Crippen molar-refractivity contribution in [2.45, 2.75) is 6.61 Å². The van der Waals surface area contributed by atoms with Crippen LogP contribution in [0.3, 0.4) is 0 Å². The summed E-state index contributed by atoms with van der Waals surface area (Å²) in [5.74, 6) is -0.244. The van der Waals surface area contributed by atoms with Gasteiger partial charge in [-0.25, -0.2) is 0 Å². The van der Waals surface area contributed by atoms with Crippen molar-refractivity contribution in [1.29, 1.82) is 0 Å². The SMILES string of the molecule is O=C(CN1C(=O)S/C(=C/c2cc(Br)ccc2OCc2ccc(Cl)cc2)C1=O)c1ccccc1. The fourth-order valence-corrected chi connectivity index (χ4v) is 4.48. The summed E-state index contributed by atoms with van der Waals surface area (Å²) in [6.45, 7) is 0.0110. The minimum atomic E-state index is -0.502. The van der Waals surface area contributed by atoms with E-state index in [1.165, 1.54) is 0 Å². The van der Waals surface area contributed by atoms with Crippen LogP contribution in [-0.4, -0.2) is 28.4 Å². The zero-order valence-electron chi connectivity index (χ0n) is 17.2. The summed E-state index contributed by atoms with van der Waals surface area (Å²) in [7, 11) is 0. The first-order chi connectivity index (χ1) is 15.9. The van der Waals surface area contributed by atoms with Crippen molar-refractivity contribution in [2.24, 2.45) is 0 Å². The molecule has 0 aromatic heterocycles. The van der Waals surface area contributed by atoms with E-state index in [1.807, 2.05) is 18.2 Å². The highest BCUT2D eigenvalue weighted by molar-refractivity contribution is 9.10. The summed E-state index contributed by atoms with van der Waals surface area (Å²) in [5.41, 5.74) is 2.02. The second-order valence-corrected chi connectivity index (χ2v) is 9.50. The van der Waals surface area contributed by atoms with Crippen LogP contribution in [0.1, 0.15) is 21.5 Å². The zero-order valence-corrected chi connectivity index (χ0v) is 20.3. The standard InChI is InChI=1S/C25H17BrClNO4S/c26-19-8-11-22(32-15-16-6-9-20(27)10-7-16)18(12-19)13-23-24(30)28(25(31)33-23)14-21(29)17-4-2-1-3-5-17/h1-13H,14-15H2/b23-13+. The minimum absolute atomic E-state index is 0.232. The number of amides is 2. The lowest BCUT2D eigenvalue weighted by Crippen LogP contribution is -2.33. The van der Waals surface area contributed by atoms with E-state index in [-0.39, 0.29) is 17.2 Å². The Kier molecular flexibility index (Phi) is 7.33. The minimum Gasteiger partial charge on any atom is -0.488 e. The summed E-state index contributed by atoms with van der Waals surface area (Å²) >= 11 is 10.2. The summed E-state index contributed by atoms with van der Waals surface area (Å²) in [5, 5.41) is 0.165. The average Bonchev–Trinajstić information content (AvgIpc) is 3.07. The molecule has 3 aromatic rings. The number of carbonyl (C=O) groups excluding carboxylic acids is 3. The highest BCUT2D eigenvalue weighted by Gasteiger charge is 2.36. The van der Waals surface area contributed by atoms with Gasteiger partial charge >= 0.3 is 0 Å². The first-order valence-corrected chi connectivity index (χ1v) is 11.9. The van der Waals surface area contributed by atoms with Gasteiger partial charge in [-0.15, -0.1) is 0 Å². The fraction of sp³-hybridized carbons (Fsp3) is 0.0800. The summed E-state index contributed by atoms with van der Waals surface area (Å²) < 4.78 is 6.76. The number of nitrogens with zero attached hydrogens (tertiary/aromatic N) is 1. The Morgan fingerprint density at radius 1 is 1.03 bits per heavy atom. The lowest BCUT2D eigenvalue weighted by atomic mass is 10.1. The lowest BCUT2D eigenvalue weighted by Gasteiger charge is -2.12. The molecule has 5 nitrogen and oxygen atoms in total. The van der Waals surface area contributed by atoms with Crippen molar-refractivity contribution in [3.05, 3.63) is 104 Å². The quantitative estimate of drug-likeness (QED) is 0.249. The maximum absolute atomic E-state index is 12.9. The average molecular weight is 543 g/mol. The second kappa shape index (κ2) is 10.4. The van der Waals surface area contributed by atoms with Crippen molar-refractivity contribution >= 4 is 62.3 Å². The number of ether oxygens (including phenoxy) is 1. The topological polar surface area (TPSA) is 63.7 Å². The van der Waals surface area contributed by atoms with Gasteiger partial charge in [0.2, 0.25) is 0 Å². The number of imide groups is 1. The third kappa shape index (κ3) is 5.74. The molecule has 0 N–H and O–H groups in total. The Morgan fingerprint density at radius 2 is 1.76 bits per heavy atom. The van der Waals surface area contributed by atoms with E-state index in [0.29, 0.717) is 28.5 Å². The highest BCUT2D eigenvalue weighted by atomic mass is 79.9. The molecule has 0 saturated carbocycles. The number of hydrogen-bond donors (Lipinski definition) is 0. The zero-order chi connectivity index (χ0) is 23.4. The molecule has 1 aliphatic heterocycles. The number of Topliss-reactive ketones (excluding diaryl/α,β-unsaturated/α-hetero) is 1. The van der Waals surface area contributed by atoms with Crippen molar-refractivity contribution in [2.75, 3.05) is 6.54 Å². The molecule has 0 atom stereocenters. The van der Waals surface area contributed by atoms with Crippen LogP contribution in [-0.2, 0) is 11.4 Å². The predicted octanol–water partition coefficient (Wildman–Crippen LogP) is 6.60. The molecule has 33 heavy (non-hydrogen) atoms. The highest BCUT2D eigenvalue weighted by Crippen LogP contribution is 2.35. The monoisotopic (exact) mass is 541 g/mol. The van der Waals surface area contributed by atoms with E-state index in [4.69, 9.17) is 16.3 Å². The number of benzene rings is 3. The molecule has 1 fully saturated rings. The third-order valence-electron chi connectivity index (χ3n) is 4.84. The molecule has 166 valence electrons. The van der Waals surface area contributed by atoms with E-state index in [0.717, 1.165) is 26.7 Å². The van der Waals surface area contributed by atoms with Crippen LogP contribution in [0.15, 0.2) is 82.2 Å².